The summed E-state index contributed by atoms with van der Waals surface area (Å²) in [6, 6.07) is 8.42. The topological polar surface area (TPSA) is 108 Å². The van der Waals surface area contributed by atoms with Crippen molar-refractivity contribution >= 4 is 45.8 Å². The van der Waals surface area contributed by atoms with Crippen LogP contribution in [-0.2, 0) is 0 Å². The third kappa shape index (κ3) is 2.89. The van der Waals surface area contributed by atoms with E-state index in [1.807, 2.05) is 0 Å². The molecule has 0 saturated heterocycles. The van der Waals surface area contributed by atoms with Gasteiger partial charge >= 0.3 is 5.97 Å². The van der Waals surface area contributed by atoms with Crippen LogP contribution in [0.1, 0.15) is 20.8 Å². The fourth-order valence-electron chi connectivity index (χ4n) is 2.33. The number of carboxylic acids is 1. The Morgan fingerprint density at radius 1 is 1.21 bits per heavy atom. The minimum atomic E-state index is -1.14. The average molecular weight is 348 g/mol. The van der Waals surface area contributed by atoms with Crippen LogP contribution in [0.2, 0.25) is 5.02 Å². The van der Waals surface area contributed by atoms with E-state index in [2.05, 4.69) is 10.3 Å². The van der Waals surface area contributed by atoms with Gasteiger partial charge in [0.2, 0.25) is 5.91 Å². The van der Waals surface area contributed by atoms with Gasteiger partial charge in [0.25, 0.3) is 0 Å². The number of amides is 1. The SMILES string of the molecule is NC(=O)c1cc(Nc2ccc(F)c(Cl)c2)c2cc(C(=O)O)[nH]c2c1. The third-order valence-corrected chi connectivity index (χ3v) is 3.74. The first-order chi connectivity index (χ1) is 11.3. The highest BCUT2D eigenvalue weighted by Gasteiger charge is 2.14. The van der Waals surface area contributed by atoms with Gasteiger partial charge in [0.05, 0.1) is 5.02 Å². The Morgan fingerprint density at radius 3 is 2.58 bits per heavy atom. The summed E-state index contributed by atoms with van der Waals surface area (Å²) in [6.45, 7) is 0. The molecule has 0 aliphatic carbocycles. The van der Waals surface area contributed by atoms with Crippen molar-refractivity contribution in [2.45, 2.75) is 0 Å². The number of H-pyrrole nitrogens is 1. The van der Waals surface area contributed by atoms with E-state index >= 15 is 0 Å². The second-order valence-corrected chi connectivity index (χ2v) is 5.50. The highest BCUT2D eigenvalue weighted by atomic mass is 35.5. The highest BCUT2D eigenvalue weighted by molar-refractivity contribution is 6.31. The first-order valence-corrected chi connectivity index (χ1v) is 7.15. The molecule has 0 unspecified atom stereocenters. The van der Waals surface area contributed by atoms with Gasteiger partial charge in [-0.15, -0.1) is 0 Å². The Kier molecular flexibility index (Phi) is 3.86. The smallest absolute Gasteiger partial charge is 0.352 e. The Balaban J connectivity index is 2.14. The molecule has 0 radical (unpaired) electrons. The van der Waals surface area contributed by atoms with E-state index < -0.39 is 17.7 Å². The molecular formula is C16H11ClFN3O3. The zero-order chi connectivity index (χ0) is 17.4. The average Bonchev–Trinajstić information content (AvgIpc) is 2.95. The molecule has 6 nitrogen and oxygen atoms in total. The number of benzene rings is 2. The Hall–Kier alpha value is -3.06. The standard InChI is InChI=1S/C16H11ClFN3O3/c17-10-5-8(1-2-11(10)18)20-12-3-7(15(19)22)4-13-9(12)6-14(21-13)16(23)24/h1-6,20-21H,(H2,19,22)(H,23,24). The summed E-state index contributed by atoms with van der Waals surface area (Å²) in [6.07, 6.45) is 0. The van der Waals surface area contributed by atoms with E-state index in [-0.39, 0.29) is 16.3 Å². The molecule has 0 aliphatic rings. The van der Waals surface area contributed by atoms with E-state index in [1.165, 1.54) is 36.4 Å². The monoisotopic (exact) mass is 347 g/mol. The van der Waals surface area contributed by atoms with Gasteiger partial charge in [-0.1, -0.05) is 11.6 Å². The molecule has 0 aliphatic heterocycles. The molecule has 8 heteroatoms. The van der Waals surface area contributed by atoms with Gasteiger partial charge in [-0.2, -0.15) is 0 Å². The van der Waals surface area contributed by atoms with Gasteiger partial charge in [-0.3, -0.25) is 4.79 Å². The number of aromatic nitrogens is 1. The number of primary amides is 1. The van der Waals surface area contributed by atoms with Gasteiger partial charge in [-0.05, 0) is 36.4 Å². The van der Waals surface area contributed by atoms with Crippen molar-refractivity contribution in [1.29, 1.82) is 0 Å². The molecule has 2 aromatic carbocycles. The molecule has 5 N–H and O–H groups in total. The number of aromatic carboxylic acids is 1. The number of carboxylic acid groups (broad SMARTS) is 1. The van der Waals surface area contributed by atoms with Crippen molar-refractivity contribution in [2.75, 3.05) is 5.32 Å². The van der Waals surface area contributed by atoms with Crippen LogP contribution in [0.3, 0.4) is 0 Å². The van der Waals surface area contributed by atoms with Crippen molar-refractivity contribution in [3.63, 3.8) is 0 Å². The fraction of sp³-hybridized carbons (Fsp3) is 0. The van der Waals surface area contributed by atoms with Crippen LogP contribution in [0.5, 0.6) is 0 Å². The van der Waals surface area contributed by atoms with E-state index in [0.717, 1.165) is 0 Å². The summed E-state index contributed by atoms with van der Waals surface area (Å²) in [4.78, 5) is 25.3. The normalized spacial score (nSPS) is 10.8. The molecule has 1 aromatic heterocycles. The molecule has 0 spiro atoms. The molecule has 3 rings (SSSR count). The number of carbonyl (C=O) groups excluding carboxylic acids is 1. The van der Waals surface area contributed by atoms with Crippen molar-refractivity contribution in [3.8, 4) is 0 Å². The van der Waals surface area contributed by atoms with Crippen LogP contribution in [0.15, 0.2) is 36.4 Å². The van der Waals surface area contributed by atoms with Crippen molar-refractivity contribution in [3.05, 3.63) is 58.5 Å². The minimum absolute atomic E-state index is 0.0354. The second kappa shape index (κ2) is 5.86. The Bertz CT molecular complexity index is 984. The van der Waals surface area contributed by atoms with Gasteiger partial charge in [0.15, 0.2) is 0 Å². The van der Waals surface area contributed by atoms with Crippen LogP contribution in [0.4, 0.5) is 15.8 Å². The number of rotatable bonds is 4. The summed E-state index contributed by atoms with van der Waals surface area (Å²) in [7, 11) is 0. The molecule has 1 heterocycles. The summed E-state index contributed by atoms with van der Waals surface area (Å²) < 4.78 is 13.3. The van der Waals surface area contributed by atoms with E-state index in [1.54, 1.807) is 0 Å². The molecule has 0 saturated carbocycles. The minimum Gasteiger partial charge on any atom is -0.477 e. The molecular weight excluding hydrogens is 337 g/mol. The maximum atomic E-state index is 13.3. The summed E-state index contributed by atoms with van der Waals surface area (Å²) in [5.41, 5.74) is 6.81. The molecule has 1 amide bonds. The number of halogens is 2. The van der Waals surface area contributed by atoms with Gasteiger partial charge < -0.3 is 21.1 Å². The predicted octanol–water partition coefficient (Wildman–Crippen LogP) is 3.50. The maximum Gasteiger partial charge on any atom is 0.352 e. The number of nitrogens with one attached hydrogen (secondary N) is 2. The zero-order valence-electron chi connectivity index (χ0n) is 12.1. The van der Waals surface area contributed by atoms with Gasteiger partial charge in [0.1, 0.15) is 11.5 Å². The summed E-state index contributed by atoms with van der Waals surface area (Å²) in [5, 5.41) is 12.6. The van der Waals surface area contributed by atoms with Crippen LogP contribution in [0, 0.1) is 5.82 Å². The molecule has 0 bridgehead atoms. The van der Waals surface area contributed by atoms with Crippen molar-refractivity contribution < 1.29 is 19.1 Å². The first-order valence-electron chi connectivity index (χ1n) is 6.77. The van der Waals surface area contributed by atoms with Gasteiger partial charge in [-0.25, -0.2) is 9.18 Å². The molecule has 122 valence electrons. The highest BCUT2D eigenvalue weighted by Crippen LogP contribution is 2.30. The lowest BCUT2D eigenvalue weighted by Gasteiger charge is -2.10. The van der Waals surface area contributed by atoms with E-state index in [0.29, 0.717) is 22.3 Å². The van der Waals surface area contributed by atoms with Crippen LogP contribution < -0.4 is 11.1 Å². The lowest BCUT2D eigenvalue weighted by molar-refractivity contribution is 0.0691. The Labute approximate surface area is 140 Å². The van der Waals surface area contributed by atoms with Crippen LogP contribution in [0.25, 0.3) is 10.9 Å². The number of fused-ring (bicyclic) bond motifs is 1. The number of hydrogen-bond acceptors (Lipinski definition) is 3. The van der Waals surface area contributed by atoms with Gasteiger partial charge in [0, 0.05) is 27.8 Å². The van der Waals surface area contributed by atoms with Crippen molar-refractivity contribution in [2.24, 2.45) is 5.73 Å². The predicted molar refractivity (Wildman–Crippen MR) is 88.5 cm³/mol. The molecule has 24 heavy (non-hydrogen) atoms. The summed E-state index contributed by atoms with van der Waals surface area (Å²) >= 11 is 5.75. The van der Waals surface area contributed by atoms with Crippen LogP contribution in [-0.4, -0.2) is 22.0 Å². The Morgan fingerprint density at radius 2 is 1.96 bits per heavy atom. The van der Waals surface area contributed by atoms with E-state index in [4.69, 9.17) is 22.4 Å². The lowest BCUT2D eigenvalue weighted by Crippen LogP contribution is -2.11. The number of nitrogens with two attached hydrogens (primary N) is 1. The lowest BCUT2D eigenvalue weighted by atomic mass is 10.1. The maximum absolute atomic E-state index is 13.3. The number of carbonyl (C=O) groups is 2. The number of hydrogen-bond donors (Lipinski definition) is 4. The zero-order valence-corrected chi connectivity index (χ0v) is 12.8. The first kappa shape index (κ1) is 15.8. The summed E-state index contributed by atoms with van der Waals surface area (Å²) in [5.74, 6) is -2.36. The molecule has 3 aromatic rings. The van der Waals surface area contributed by atoms with Crippen LogP contribution >= 0.6 is 11.6 Å². The fourth-order valence-corrected chi connectivity index (χ4v) is 2.51. The largest absolute Gasteiger partial charge is 0.477 e. The quantitative estimate of drug-likeness (QED) is 0.579. The third-order valence-electron chi connectivity index (χ3n) is 3.45. The molecule has 0 fully saturated rings. The number of anilines is 2. The van der Waals surface area contributed by atoms with E-state index in [9.17, 15) is 14.0 Å². The molecule has 0 atom stereocenters. The number of aromatic amines is 1. The second-order valence-electron chi connectivity index (χ2n) is 5.09. The van der Waals surface area contributed by atoms with Crippen molar-refractivity contribution in [1.82, 2.24) is 4.98 Å².